The summed E-state index contributed by atoms with van der Waals surface area (Å²) < 4.78 is 0. The van der Waals surface area contributed by atoms with Crippen molar-refractivity contribution in [2.45, 2.75) is 55.9 Å². The Morgan fingerprint density at radius 2 is 2.10 bits per heavy atom. The highest BCUT2D eigenvalue weighted by Gasteiger charge is 2.30. The van der Waals surface area contributed by atoms with Gasteiger partial charge in [0.25, 0.3) is 0 Å². The molecule has 1 saturated heterocycles. The van der Waals surface area contributed by atoms with Gasteiger partial charge < -0.3 is 5.32 Å². The van der Waals surface area contributed by atoms with Gasteiger partial charge in [0, 0.05) is 27.5 Å². The summed E-state index contributed by atoms with van der Waals surface area (Å²) in [4.78, 5) is 0. The Labute approximate surface area is 132 Å². The summed E-state index contributed by atoms with van der Waals surface area (Å²) in [7, 11) is 0. The van der Waals surface area contributed by atoms with Gasteiger partial charge in [-0.15, -0.1) is 0 Å². The molecule has 0 bridgehead atoms. The second-order valence-electron chi connectivity index (χ2n) is 5.78. The van der Waals surface area contributed by atoms with Crippen LogP contribution in [0.15, 0.2) is 24.3 Å². The van der Waals surface area contributed by atoms with Crippen molar-refractivity contribution in [3.05, 3.63) is 35.4 Å². The quantitative estimate of drug-likeness (QED) is 0.878. The molecule has 0 amide bonds. The molecule has 1 N–H and O–H groups in total. The van der Waals surface area contributed by atoms with Crippen LogP contribution in [0.2, 0.25) is 0 Å². The largest absolute Gasteiger partial charge is 0.313 e. The van der Waals surface area contributed by atoms with E-state index in [1.165, 1.54) is 16.9 Å². The molecule has 1 heterocycles. The number of rotatable bonds is 5. The summed E-state index contributed by atoms with van der Waals surface area (Å²) in [5.74, 6) is 1.28. The van der Waals surface area contributed by atoms with E-state index >= 15 is 0 Å². The van der Waals surface area contributed by atoms with Crippen molar-refractivity contribution in [2.75, 3.05) is 12.3 Å². The highest BCUT2D eigenvalue weighted by Crippen LogP contribution is 2.37. The van der Waals surface area contributed by atoms with Crippen LogP contribution in [0.4, 0.5) is 0 Å². The smallest absolute Gasteiger partial charge is 0.0298 e. The first-order valence-electron chi connectivity index (χ1n) is 7.66. The molecule has 1 aliphatic rings. The molecule has 1 aromatic carbocycles. The van der Waals surface area contributed by atoms with Crippen molar-refractivity contribution in [2.24, 2.45) is 0 Å². The Morgan fingerprint density at radius 3 is 2.75 bits per heavy atom. The van der Waals surface area contributed by atoms with E-state index < -0.39 is 0 Å². The van der Waals surface area contributed by atoms with Gasteiger partial charge in [-0.3, -0.25) is 0 Å². The van der Waals surface area contributed by atoms with Crippen LogP contribution in [0, 0.1) is 6.92 Å². The highest BCUT2D eigenvalue weighted by molar-refractivity contribution is 8.07. The van der Waals surface area contributed by atoms with Crippen molar-refractivity contribution in [3.8, 4) is 0 Å². The zero-order valence-corrected chi connectivity index (χ0v) is 14.7. The molecule has 1 aliphatic heterocycles. The summed E-state index contributed by atoms with van der Waals surface area (Å²) in [6, 6.07) is 9.55. The minimum atomic E-state index is 0.592. The molecule has 4 unspecified atom stereocenters. The van der Waals surface area contributed by atoms with Gasteiger partial charge in [0.15, 0.2) is 0 Å². The molecule has 1 fully saturated rings. The predicted molar refractivity (Wildman–Crippen MR) is 95.1 cm³/mol. The van der Waals surface area contributed by atoms with Crippen LogP contribution in [0.3, 0.4) is 0 Å². The van der Waals surface area contributed by atoms with Gasteiger partial charge in [0.2, 0.25) is 0 Å². The van der Waals surface area contributed by atoms with Gasteiger partial charge in [0.05, 0.1) is 0 Å². The Bertz CT molecular complexity index is 421. The molecule has 1 aromatic rings. The normalized spacial score (nSPS) is 28.3. The van der Waals surface area contributed by atoms with E-state index in [2.05, 4.69) is 80.8 Å². The van der Waals surface area contributed by atoms with Crippen LogP contribution in [-0.4, -0.2) is 34.1 Å². The number of nitrogens with one attached hydrogen (secondary N) is 1. The molecule has 3 heteroatoms. The topological polar surface area (TPSA) is 12.0 Å². The minimum absolute atomic E-state index is 0.592. The van der Waals surface area contributed by atoms with E-state index in [0.717, 1.165) is 28.7 Å². The molecule has 2 rings (SSSR count). The summed E-state index contributed by atoms with van der Waals surface area (Å²) in [5.41, 5.74) is 2.83. The molecular formula is C17H27NS2. The van der Waals surface area contributed by atoms with E-state index in [-0.39, 0.29) is 0 Å². The molecule has 20 heavy (non-hydrogen) atoms. The number of hydrogen-bond acceptors (Lipinski definition) is 3. The predicted octanol–water partition coefficient (Wildman–Crippen LogP) is 4.14. The Balaban J connectivity index is 2.03. The third-order valence-corrected chi connectivity index (χ3v) is 7.58. The zero-order chi connectivity index (χ0) is 14.5. The van der Waals surface area contributed by atoms with Crippen LogP contribution in [0.5, 0.6) is 0 Å². The molecule has 0 aliphatic carbocycles. The first-order chi connectivity index (χ1) is 9.60. The third-order valence-electron chi connectivity index (χ3n) is 4.03. The molecule has 0 radical (unpaired) electrons. The molecule has 112 valence electrons. The molecule has 0 saturated carbocycles. The van der Waals surface area contributed by atoms with Crippen molar-refractivity contribution in [3.63, 3.8) is 0 Å². The number of thioether (sulfide) groups is 2. The Hall–Kier alpha value is -0.120. The van der Waals surface area contributed by atoms with Crippen molar-refractivity contribution < 1.29 is 0 Å². The number of hydrogen-bond donors (Lipinski definition) is 1. The monoisotopic (exact) mass is 309 g/mol. The van der Waals surface area contributed by atoms with Gasteiger partial charge in [-0.1, -0.05) is 50.6 Å². The SMILES string of the molecule is CCNC(Cc1cccc(C)c1)C1CSC(C)C(C)S1. The number of aryl methyl sites for hydroxylation is 1. The van der Waals surface area contributed by atoms with Crippen LogP contribution < -0.4 is 5.32 Å². The highest BCUT2D eigenvalue weighted by atomic mass is 32.2. The zero-order valence-electron chi connectivity index (χ0n) is 13.1. The lowest BCUT2D eigenvalue weighted by atomic mass is 10.0. The first-order valence-corrected chi connectivity index (χ1v) is 9.65. The lowest BCUT2D eigenvalue weighted by molar-refractivity contribution is 0.520. The maximum atomic E-state index is 3.72. The first kappa shape index (κ1) is 16.3. The van der Waals surface area contributed by atoms with E-state index in [1.807, 2.05) is 0 Å². The van der Waals surface area contributed by atoms with Crippen molar-refractivity contribution >= 4 is 23.5 Å². The molecule has 1 nitrogen and oxygen atoms in total. The minimum Gasteiger partial charge on any atom is -0.313 e. The van der Waals surface area contributed by atoms with Gasteiger partial charge in [-0.25, -0.2) is 0 Å². The van der Waals surface area contributed by atoms with Crippen LogP contribution in [0.1, 0.15) is 31.9 Å². The van der Waals surface area contributed by atoms with Crippen LogP contribution in [-0.2, 0) is 6.42 Å². The molecular weight excluding hydrogens is 282 g/mol. The Morgan fingerprint density at radius 1 is 1.30 bits per heavy atom. The van der Waals surface area contributed by atoms with Gasteiger partial charge >= 0.3 is 0 Å². The molecule has 0 spiro atoms. The average Bonchev–Trinajstić information content (AvgIpc) is 2.41. The second-order valence-corrected chi connectivity index (χ2v) is 8.81. The summed E-state index contributed by atoms with van der Waals surface area (Å²) in [5, 5.41) is 6.00. The summed E-state index contributed by atoms with van der Waals surface area (Å²) in [6.45, 7) is 10.2. The second kappa shape index (κ2) is 7.77. The fourth-order valence-electron chi connectivity index (χ4n) is 2.71. The number of likely N-dealkylation sites (N-methyl/N-ethyl adjacent to an activating group) is 1. The van der Waals surface area contributed by atoms with Gasteiger partial charge in [-0.2, -0.15) is 23.5 Å². The lowest BCUT2D eigenvalue weighted by Gasteiger charge is -2.36. The fourth-order valence-corrected chi connectivity index (χ4v) is 5.84. The van der Waals surface area contributed by atoms with Crippen molar-refractivity contribution in [1.29, 1.82) is 0 Å². The van der Waals surface area contributed by atoms with Gasteiger partial charge in [0.1, 0.15) is 0 Å². The molecule has 4 atom stereocenters. The fraction of sp³-hybridized carbons (Fsp3) is 0.647. The maximum absolute atomic E-state index is 3.72. The van der Waals surface area contributed by atoms with E-state index in [4.69, 9.17) is 0 Å². The summed E-state index contributed by atoms with van der Waals surface area (Å²) in [6.07, 6.45) is 1.15. The lowest BCUT2D eigenvalue weighted by Crippen LogP contribution is -2.44. The van der Waals surface area contributed by atoms with Crippen LogP contribution in [0.25, 0.3) is 0 Å². The third kappa shape index (κ3) is 4.44. The maximum Gasteiger partial charge on any atom is 0.0298 e. The Kier molecular flexibility index (Phi) is 6.31. The van der Waals surface area contributed by atoms with Crippen molar-refractivity contribution in [1.82, 2.24) is 5.32 Å². The van der Waals surface area contributed by atoms with E-state index in [9.17, 15) is 0 Å². The standard InChI is InChI=1S/C17H27NS2/c1-5-18-16(10-15-8-6-7-12(2)9-15)17-11-19-13(3)14(4)20-17/h6-9,13-14,16-18H,5,10-11H2,1-4H3. The van der Waals surface area contributed by atoms with Gasteiger partial charge in [-0.05, 0) is 25.5 Å². The van der Waals surface area contributed by atoms with Crippen LogP contribution >= 0.6 is 23.5 Å². The molecule has 0 aromatic heterocycles. The van der Waals surface area contributed by atoms with E-state index in [1.54, 1.807) is 0 Å². The average molecular weight is 310 g/mol. The number of benzene rings is 1. The van der Waals surface area contributed by atoms with E-state index in [0.29, 0.717) is 6.04 Å². The summed E-state index contributed by atoms with van der Waals surface area (Å²) >= 11 is 4.32.